The highest BCUT2D eigenvalue weighted by Gasteiger charge is 2.46. The fourth-order valence-corrected chi connectivity index (χ4v) is 3.62. The van der Waals surface area contributed by atoms with Crippen LogP contribution in [-0.4, -0.2) is 35.2 Å². The van der Waals surface area contributed by atoms with Crippen molar-refractivity contribution in [1.29, 1.82) is 0 Å². The molecular weight excluding hydrogens is 373 g/mol. The van der Waals surface area contributed by atoms with E-state index in [1.165, 1.54) is 6.07 Å². The van der Waals surface area contributed by atoms with Crippen LogP contribution in [0.2, 0.25) is 5.02 Å². The fourth-order valence-electron chi connectivity index (χ4n) is 3.50. The number of carbonyl (C=O) groups excluding carboxylic acids is 1. The molecule has 1 N–H and O–H groups in total. The van der Waals surface area contributed by atoms with Crippen LogP contribution in [0.25, 0.3) is 0 Å². The van der Waals surface area contributed by atoms with Gasteiger partial charge in [0, 0.05) is 32.5 Å². The van der Waals surface area contributed by atoms with Crippen LogP contribution in [0.15, 0.2) is 46.2 Å². The quantitative estimate of drug-likeness (QED) is 0.850. The Labute approximate surface area is 160 Å². The SMILES string of the molecule is O=C(NCc1ccco1)C1=NOC2(CCN(Cc3ccc(Cl)c(F)c3)C2)C1. The summed E-state index contributed by atoms with van der Waals surface area (Å²) in [6.45, 7) is 2.34. The highest BCUT2D eigenvalue weighted by Crippen LogP contribution is 2.34. The number of furan rings is 1. The van der Waals surface area contributed by atoms with Crippen molar-refractivity contribution in [3.63, 3.8) is 0 Å². The van der Waals surface area contributed by atoms with Gasteiger partial charge < -0.3 is 14.6 Å². The second-order valence-corrected chi connectivity index (χ2v) is 7.37. The standard InChI is InChI=1S/C19H19ClFN3O3/c20-15-4-3-13(8-16(15)21)11-24-6-5-19(12-24)9-17(23-27-19)18(25)22-10-14-2-1-7-26-14/h1-4,7-8H,5-6,9-12H2,(H,22,25). The molecule has 2 aliphatic rings. The third kappa shape index (κ3) is 3.99. The molecule has 8 heteroatoms. The van der Waals surface area contributed by atoms with Crippen LogP contribution in [-0.2, 0) is 22.7 Å². The Morgan fingerprint density at radius 1 is 1.41 bits per heavy atom. The zero-order chi connectivity index (χ0) is 18.9. The van der Waals surface area contributed by atoms with Crippen molar-refractivity contribution in [3.05, 3.63) is 58.8 Å². The molecule has 4 rings (SSSR count). The molecule has 6 nitrogen and oxygen atoms in total. The summed E-state index contributed by atoms with van der Waals surface area (Å²) in [7, 11) is 0. The lowest BCUT2D eigenvalue weighted by atomic mass is 9.96. The van der Waals surface area contributed by atoms with Gasteiger partial charge >= 0.3 is 0 Å². The van der Waals surface area contributed by atoms with Gasteiger partial charge in [0.25, 0.3) is 5.91 Å². The summed E-state index contributed by atoms with van der Waals surface area (Å²) in [5, 5.41) is 6.91. The topological polar surface area (TPSA) is 67.1 Å². The van der Waals surface area contributed by atoms with Crippen LogP contribution in [0.5, 0.6) is 0 Å². The summed E-state index contributed by atoms with van der Waals surface area (Å²) < 4.78 is 18.8. The summed E-state index contributed by atoms with van der Waals surface area (Å²) in [5.41, 5.74) is 0.757. The number of rotatable bonds is 5. The minimum absolute atomic E-state index is 0.120. The van der Waals surface area contributed by atoms with Gasteiger partial charge in [0.1, 0.15) is 17.3 Å². The second-order valence-electron chi connectivity index (χ2n) is 6.96. The first-order valence-corrected chi connectivity index (χ1v) is 9.13. The van der Waals surface area contributed by atoms with Crippen molar-refractivity contribution < 1.29 is 18.4 Å². The normalized spacial score (nSPS) is 22.1. The zero-order valence-corrected chi connectivity index (χ0v) is 15.3. The van der Waals surface area contributed by atoms with Gasteiger partial charge in [-0.15, -0.1) is 0 Å². The predicted molar refractivity (Wildman–Crippen MR) is 97.7 cm³/mol. The third-order valence-corrected chi connectivity index (χ3v) is 5.20. The molecule has 0 aliphatic carbocycles. The van der Waals surface area contributed by atoms with Crippen LogP contribution in [0.3, 0.4) is 0 Å². The van der Waals surface area contributed by atoms with E-state index in [1.807, 2.05) is 6.07 Å². The predicted octanol–water partition coefficient (Wildman–Crippen LogP) is 3.11. The molecule has 0 radical (unpaired) electrons. The Morgan fingerprint density at radius 2 is 2.30 bits per heavy atom. The Morgan fingerprint density at radius 3 is 3.07 bits per heavy atom. The van der Waals surface area contributed by atoms with Crippen molar-refractivity contribution in [2.45, 2.75) is 31.5 Å². The summed E-state index contributed by atoms with van der Waals surface area (Å²) in [6.07, 6.45) is 2.79. The molecule has 1 amide bonds. The first-order valence-electron chi connectivity index (χ1n) is 8.75. The Bertz CT molecular complexity index is 871. The molecular formula is C19H19ClFN3O3. The van der Waals surface area contributed by atoms with E-state index in [1.54, 1.807) is 24.5 Å². The van der Waals surface area contributed by atoms with Crippen LogP contribution in [0.4, 0.5) is 4.39 Å². The first kappa shape index (κ1) is 18.0. The van der Waals surface area contributed by atoms with Crippen LogP contribution in [0, 0.1) is 5.82 Å². The molecule has 0 saturated carbocycles. The van der Waals surface area contributed by atoms with Crippen molar-refractivity contribution in [2.75, 3.05) is 13.1 Å². The largest absolute Gasteiger partial charge is 0.467 e. The van der Waals surface area contributed by atoms with Crippen molar-refractivity contribution in [2.24, 2.45) is 5.16 Å². The lowest BCUT2D eigenvalue weighted by Gasteiger charge is -2.21. The number of nitrogens with one attached hydrogen (secondary N) is 1. The van der Waals surface area contributed by atoms with Crippen molar-refractivity contribution >= 4 is 23.2 Å². The van der Waals surface area contributed by atoms with Gasteiger partial charge in [-0.3, -0.25) is 9.69 Å². The highest BCUT2D eigenvalue weighted by molar-refractivity contribution is 6.39. The van der Waals surface area contributed by atoms with Gasteiger partial charge in [-0.25, -0.2) is 4.39 Å². The highest BCUT2D eigenvalue weighted by atomic mass is 35.5. The van der Waals surface area contributed by atoms with E-state index in [0.717, 1.165) is 18.5 Å². The number of halogens is 2. The molecule has 142 valence electrons. The Balaban J connectivity index is 1.31. The van der Waals surface area contributed by atoms with Gasteiger partial charge in [0.2, 0.25) is 0 Å². The molecule has 2 aromatic rings. The smallest absolute Gasteiger partial charge is 0.269 e. The van der Waals surface area contributed by atoms with Crippen molar-refractivity contribution in [1.82, 2.24) is 10.2 Å². The summed E-state index contributed by atoms with van der Waals surface area (Å²) in [4.78, 5) is 20.1. The molecule has 3 heterocycles. The van der Waals surface area contributed by atoms with E-state index < -0.39 is 11.4 Å². The maximum atomic E-state index is 13.6. The molecule has 2 aliphatic heterocycles. The summed E-state index contributed by atoms with van der Waals surface area (Å²) >= 11 is 5.73. The summed E-state index contributed by atoms with van der Waals surface area (Å²) in [6, 6.07) is 8.40. The minimum Gasteiger partial charge on any atom is -0.467 e. The number of amides is 1. The number of benzene rings is 1. The van der Waals surface area contributed by atoms with E-state index in [-0.39, 0.29) is 10.9 Å². The maximum absolute atomic E-state index is 13.6. The number of oxime groups is 1. The zero-order valence-electron chi connectivity index (χ0n) is 14.6. The Hall–Kier alpha value is -2.38. The van der Waals surface area contributed by atoms with E-state index >= 15 is 0 Å². The number of hydrogen-bond acceptors (Lipinski definition) is 5. The van der Waals surface area contributed by atoms with E-state index in [4.69, 9.17) is 20.9 Å². The molecule has 1 saturated heterocycles. The van der Waals surface area contributed by atoms with Gasteiger partial charge in [0.15, 0.2) is 5.60 Å². The summed E-state index contributed by atoms with van der Waals surface area (Å²) in [5.74, 6) is 0.0142. The number of carbonyl (C=O) groups is 1. The van der Waals surface area contributed by atoms with Crippen LogP contribution < -0.4 is 5.32 Å². The van der Waals surface area contributed by atoms with Gasteiger partial charge in [-0.05, 0) is 29.8 Å². The number of likely N-dealkylation sites (tertiary alicyclic amines) is 1. The maximum Gasteiger partial charge on any atom is 0.269 e. The minimum atomic E-state index is -0.484. The average Bonchev–Trinajstić information content (AvgIpc) is 3.39. The molecule has 0 bridgehead atoms. The van der Waals surface area contributed by atoms with Crippen molar-refractivity contribution in [3.8, 4) is 0 Å². The first-order chi connectivity index (χ1) is 13.0. The molecule has 1 aromatic heterocycles. The monoisotopic (exact) mass is 391 g/mol. The molecule has 1 fully saturated rings. The fraction of sp³-hybridized carbons (Fsp3) is 0.368. The molecule has 1 atom stereocenters. The number of nitrogens with zero attached hydrogens (tertiary/aromatic N) is 2. The average molecular weight is 392 g/mol. The van der Waals surface area contributed by atoms with Gasteiger partial charge in [-0.1, -0.05) is 22.8 Å². The van der Waals surface area contributed by atoms with Gasteiger partial charge in [0.05, 0.1) is 17.8 Å². The molecule has 1 aromatic carbocycles. The Kier molecular flexibility index (Phi) is 4.88. The second kappa shape index (κ2) is 7.32. The lowest BCUT2D eigenvalue weighted by Crippen LogP contribution is -2.36. The van der Waals surface area contributed by atoms with Gasteiger partial charge in [-0.2, -0.15) is 0 Å². The van der Waals surface area contributed by atoms with Crippen LogP contribution >= 0.6 is 11.6 Å². The van der Waals surface area contributed by atoms with E-state index in [9.17, 15) is 9.18 Å². The molecule has 1 spiro atoms. The third-order valence-electron chi connectivity index (χ3n) is 4.89. The molecule has 27 heavy (non-hydrogen) atoms. The lowest BCUT2D eigenvalue weighted by molar-refractivity contribution is -0.115. The van der Waals surface area contributed by atoms with E-state index in [0.29, 0.717) is 37.5 Å². The number of hydrogen-bond donors (Lipinski definition) is 1. The van der Waals surface area contributed by atoms with E-state index in [2.05, 4.69) is 15.4 Å². The van der Waals surface area contributed by atoms with Crippen LogP contribution in [0.1, 0.15) is 24.2 Å². The molecule has 1 unspecified atom stereocenters.